The third kappa shape index (κ3) is 3.23. The van der Waals surface area contributed by atoms with Crippen molar-refractivity contribution in [1.82, 2.24) is 20.0 Å². The zero-order chi connectivity index (χ0) is 17.3. The van der Waals surface area contributed by atoms with Gasteiger partial charge in [0.2, 0.25) is 5.89 Å². The highest BCUT2D eigenvalue weighted by molar-refractivity contribution is 5.65. The molecule has 0 radical (unpaired) electrons. The van der Waals surface area contributed by atoms with Gasteiger partial charge in [-0.1, -0.05) is 11.6 Å². The first-order chi connectivity index (χ1) is 11.5. The molecule has 1 saturated heterocycles. The van der Waals surface area contributed by atoms with E-state index in [1.54, 1.807) is 12.1 Å². The van der Waals surface area contributed by atoms with E-state index in [9.17, 15) is 9.18 Å². The first-order valence-corrected chi connectivity index (χ1v) is 7.77. The maximum atomic E-state index is 13.9. The lowest BCUT2D eigenvalue weighted by Crippen LogP contribution is -2.48. The number of rotatable bonds is 3. The Morgan fingerprint density at radius 2 is 2.00 bits per heavy atom. The van der Waals surface area contributed by atoms with Crippen molar-refractivity contribution in [3.8, 4) is 11.5 Å². The van der Waals surface area contributed by atoms with Gasteiger partial charge in [-0.05, 0) is 26.0 Å². The van der Waals surface area contributed by atoms with E-state index in [0.717, 1.165) is 5.56 Å². The summed E-state index contributed by atoms with van der Waals surface area (Å²) in [5, 5.41) is 17.0. The summed E-state index contributed by atoms with van der Waals surface area (Å²) in [4.78, 5) is 14.4. The Balaban J connectivity index is 1.74. The smallest absolute Gasteiger partial charge is 0.407 e. The van der Waals surface area contributed by atoms with Crippen LogP contribution < -0.4 is 0 Å². The Morgan fingerprint density at radius 3 is 2.67 bits per heavy atom. The molecule has 0 spiro atoms. The molecule has 24 heavy (non-hydrogen) atoms. The van der Waals surface area contributed by atoms with E-state index >= 15 is 0 Å². The summed E-state index contributed by atoms with van der Waals surface area (Å²) in [5.74, 6) is 0.149. The van der Waals surface area contributed by atoms with Crippen LogP contribution in [0.5, 0.6) is 0 Å². The molecule has 1 unspecified atom stereocenters. The molecule has 1 aliphatic heterocycles. The van der Waals surface area contributed by atoms with Gasteiger partial charge < -0.3 is 14.4 Å². The molecule has 128 valence electrons. The van der Waals surface area contributed by atoms with E-state index in [0.29, 0.717) is 32.1 Å². The second-order valence-corrected chi connectivity index (χ2v) is 5.91. The summed E-state index contributed by atoms with van der Waals surface area (Å²) >= 11 is 0. The Labute approximate surface area is 138 Å². The third-order valence-electron chi connectivity index (χ3n) is 4.28. The van der Waals surface area contributed by atoms with Crippen molar-refractivity contribution < 1.29 is 18.7 Å². The van der Waals surface area contributed by atoms with Crippen LogP contribution in [0.1, 0.15) is 24.4 Å². The fourth-order valence-electron chi connectivity index (χ4n) is 2.77. The molecular formula is C16H19FN4O3. The van der Waals surface area contributed by atoms with Crippen LogP contribution in [0.4, 0.5) is 9.18 Å². The molecule has 7 nitrogen and oxygen atoms in total. The van der Waals surface area contributed by atoms with Crippen LogP contribution in [-0.4, -0.2) is 57.4 Å². The standard InChI is InChI=1S/C16H19FN4O3/c1-10-3-4-13(17)12(9-10)15-19-18-14(24-15)11(2)20-5-7-21(8-6-20)16(22)23/h3-4,9,11H,5-8H2,1-2H3,(H,22,23). The maximum absolute atomic E-state index is 13.9. The molecule has 2 aromatic rings. The fourth-order valence-corrected chi connectivity index (χ4v) is 2.77. The normalized spacial score (nSPS) is 17.0. The number of piperazine rings is 1. The van der Waals surface area contributed by atoms with Crippen molar-refractivity contribution in [2.75, 3.05) is 26.2 Å². The van der Waals surface area contributed by atoms with Gasteiger partial charge in [0.25, 0.3) is 5.89 Å². The Morgan fingerprint density at radius 1 is 1.29 bits per heavy atom. The van der Waals surface area contributed by atoms with Crippen LogP contribution in [0, 0.1) is 12.7 Å². The van der Waals surface area contributed by atoms with Crippen LogP contribution in [-0.2, 0) is 0 Å². The second kappa shape index (κ2) is 6.56. The molecule has 0 aliphatic carbocycles. The monoisotopic (exact) mass is 334 g/mol. The van der Waals surface area contributed by atoms with Crippen molar-refractivity contribution in [3.05, 3.63) is 35.5 Å². The number of aryl methyl sites for hydroxylation is 1. The fraction of sp³-hybridized carbons (Fsp3) is 0.438. The highest BCUT2D eigenvalue weighted by Gasteiger charge is 2.27. The Hall–Kier alpha value is -2.48. The number of benzene rings is 1. The lowest BCUT2D eigenvalue weighted by Gasteiger charge is -2.35. The van der Waals surface area contributed by atoms with Crippen molar-refractivity contribution >= 4 is 6.09 Å². The van der Waals surface area contributed by atoms with Crippen molar-refractivity contribution in [1.29, 1.82) is 0 Å². The molecule has 1 N–H and O–H groups in total. The van der Waals surface area contributed by atoms with Crippen molar-refractivity contribution in [2.45, 2.75) is 19.9 Å². The number of amides is 1. The first-order valence-electron chi connectivity index (χ1n) is 7.77. The highest BCUT2D eigenvalue weighted by atomic mass is 19.1. The SMILES string of the molecule is Cc1ccc(F)c(-c2nnc(C(C)N3CCN(C(=O)O)CC3)o2)c1. The number of hydrogen-bond donors (Lipinski definition) is 1. The topological polar surface area (TPSA) is 82.7 Å². The number of aromatic nitrogens is 2. The molecular weight excluding hydrogens is 315 g/mol. The van der Waals surface area contributed by atoms with E-state index in [1.165, 1.54) is 11.0 Å². The summed E-state index contributed by atoms with van der Waals surface area (Å²) in [6.07, 6.45) is -0.905. The van der Waals surface area contributed by atoms with Crippen LogP contribution in [0.25, 0.3) is 11.5 Å². The van der Waals surface area contributed by atoms with Crippen molar-refractivity contribution in [2.24, 2.45) is 0 Å². The second-order valence-electron chi connectivity index (χ2n) is 5.91. The molecule has 1 aromatic heterocycles. The first kappa shape index (κ1) is 16.4. The molecule has 1 atom stereocenters. The van der Waals surface area contributed by atoms with Gasteiger partial charge in [-0.3, -0.25) is 4.90 Å². The van der Waals surface area contributed by atoms with Gasteiger partial charge in [0.05, 0.1) is 11.6 Å². The zero-order valence-electron chi connectivity index (χ0n) is 13.6. The lowest BCUT2D eigenvalue weighted by atomic mass is 10.1. The number of hydrogen-bond acceptors (Lipinski definition) is 5. The predicted molar refractivity (Wildman–Crippen MR) is 84.0 cm³/mol. The molecule has 3 rings (SSSR count). The van der Waals surface area contributed by atoms with Crippen LogP contribution >= 0.6 is 0 Å². The van der Waals surface area contributed by atoms with Gasteiger partial charge in [0.1, 0.15) is 5.82 Å². The largest absolute Gasteiger partial charge is 0.465 e. The van der Waals surface area contributed by atoms with E-state index in [4.69, 9.17) is 9.52 Å². The number of carbonyl (C=O) groups is 1. The summed E-state index contributed by atoms with van der Waals surface area (Å²) < 4.78 is 19.6. The van der Waals surface area contributed by atoms with E-state index in [2.05, 4.69) is 15.1 Å². The molecule has 0 saturated carbocycles. The van der Waals surface area contributed by atoms with Gasteiger partial charge in [0.15, 0.2) is 0 Å². The quantitative estimate of drug-likeness (QED) is 0.929. The minimum atomic E-state index is -0.905. The van der Waals surface area contributed by atoms with E-state index in [-0.39, 0.29) is 17.5 Å². The Kier molecular flexibility index (Phi) is 4.48. The third-order valence-corrected chi connectivity index (χ3v) is 4.28. The van der Waals surface area contributed by atoms with E-state index < -0.39 is 11.9 Å². The summed E-state index contributed by atoms with van der Waals surface area (Å²) in [7, 11) is 0. The number of carboxylic acid groups (broad SMARTS) is 1. The molecule has 1 aliphatic rings. The van der Waals surface area contributed by atoms with Crippen LogP contribution in [0.15, 0.2) is 22.6 Å². The van der Waals surface area contributed by atoms with Gasteiger partial charge in [-0.2, -0.15) is 0 Å². The Bertz CT molecular complexity index is 741. The van der Waals surface area contributed by atoms with Crippen molar-refractivity contribution in [3.63, 3.8) is 0 Å². The summed E-state index contributed by atoms with van der Waals surface area (Å²) in [5.41, 5.74) is 1.20. The number of nitrogens with zero attached hydrogens (tertiary/aromatic N) is 4. The summed E-state index contributed by atoms with van der Waals surface area (Å²) in [6, 6.07) is 4.57. The van der Waals surface area contributed by atoms with E-state index in [1.807, 2.05) is 13.8 Å². The average molecular weight is 334 g/mol. The summed E-state index contributed by atoms with van der Waals surface area (Å²) in [6.45, 7) is 5.83. The van der Waals surface area contributed by atoms with Gasteiger partial charge in [0, 0.05) is 26.2 Å². The highest BCUT2D eigenvalue weighted by Crippen LogP contribution is 2.27. The zero-order valence-corrected chi connectivity index (χ0v) is 13.6. The van der Waals surface area contributed by atoms with Gasteiger partial charge in [-0.15, -0.1) is 10.2 Å². The molecule has 0 bridgehead atoms. The number of halogens is 1. The minimum absolute atomic E-state index is 0.155. The minimum Gasteiger partial charge on any atom is -0.465 e. The average Bonchev–Trinajstić information content (AvgIpc) is 3.06. The molecule has 8 heteroatoms. The maximum Gasteiger partial charge on any atom is 0.407 e. The van der Waals surface area contributed by atoms with Gasteiger partial charge >= 0.3 is 6.09 Å². The lowest BCUT2D eigenvalue weighted by molar-refractivity contribution is 0.0822. The molecule has 1 fully saturated rings. The molecule has 1 amide bonds. The molecule has 2 heterocycles. The predicted octanol–water partition coefficient (Wildman–Crippen LogP) is 2.54. The molecule has 1 aromatic carbocycles. The van der Waals surface area contributed by atoms with Crippen LogP contribution in [0.3, 0.4) is 0 Å². The van der Waals surface area contributed by atoms with Gasteiger partial charge in [-0.25, -0.2) is 9.18 Å². The van der Waals surface area contributed by atoms with Crippen LogP contribution in [0.2, 0.25) is 0 Å².